The lowest BCUT2D eigenvalue weighted by Gasteiger charge is -2.06. The van der Waals surface area contributed by atoms with Gasteiger partial charge in [0.1, 0.15) is 12.4 Å². The lowest BCUT2D eigenvalue weighted by molar-refractivity contribution is 0.180. The van der Waals surface area contributed by atoms with Crippen LogP contribution in [-0.2, 0) is 6.42 Å². The van der Waals surface area contributed by atoms with Gasteiger partial charge in [-0.2, -0.15) is 0 Å². The van der Waals surface area contributed by atoms with E-state index >= 15 is 0 Å². The predicted octanol–water partition coefficient (Wildman–Crippen LogP) is 3.10. The van der Waals surface area contributed by atoms with Gasteiger partial charge in [0.2, 0.25) is 0 Å². The molecule has 100 valence electrons. The minimum atomic E-state index is -0.308. The smallest absolute Gasteiger partial charge is 0.149 e. The maximum Gasteiger partial charge on any atom is 0.149 e. The zero-order valence-electron chi connectivity index (χ0n) is 11.2. The Kier molecular flexibility index (Phi) is 3.71. The van der Waals surface area contributed by atoms with E-state index in [0.717, 1.165) is 29.7 Å². The maximum atomic E-state index is 9.75. The highest BCUT2D eigenvalue weighted by molar-refractivity contribution is 5.40. The first-order valence-electron chi connectivity index (χ1n) is 6.80. The van der Waals surface area contributed by atoms with Crippen molar-refractivity contribution in [1.29, 1.82) is 0 Å². The largest absolute Gasteiger partial charge is 0.481 e. The average molecular weight is 264 g/mol. The molecule has 1 aliphatic carbocycles. The Bertz CT molecular complexity index is 650. The molecule has 3 rings (SSSR count). The van der Waals surface area contributed by atoms with E-state index in [1.165, 1.54) is 5.56 Å². The van der Waals surface area contributed by atoms with Crippen LogP contribution in [0.1, 0.15) is 29.2 Å². The third-order valence-electron chi connectivity index (χ3n) is 3.48. The Hall–Kier alpha value is -2.24. The second-order valence-corrected chi connectivity index (χ2v) is 4.87. The van der Waals surface area contributed by atoms with Gasteiger partial charge in [0.15, 0.2) is 0 Å². The van der Waals surface area contributed by atoms with Crippen molar-refractivity contribution >= 4 is 0 Å². The average Bonchev–Trinajstić information content (AvgIpc) is 2.86. The standard InChI is InChI=1S/C18H16O2/c19-18-11-8-15-13-16(9-10-17(15)18)20-12-4-7-14-5-2-1-3-6-14/h1-3,5-6,9-10,13,18-19H,8,11-12H2. The van der Waals surface area contributed by atoms with Crippen molar-refractivity contribution in [1.82, 2.24) is 0 Å². The summed E-state index contributed by atoms with van der Waals surface area (Å²) in [5, 5.41) is 9.75. The molecule has 0 saturated heterocycles. The van der Waals surface area contributed by atoms with Gasteiger partial charge >= 0.3 is 0 Å². The normalized spacial score (nSPS) is 16.1. The predicted molar refractivity (Wildman–Crippen MR) is 78.5 cm³/mol. The van der Waals surface area contributed by atoms with Gasteiger partial charge in [0, 0.05) is 5.56 Å². The molecular formula is C18H16O2. The molecule has 2 nitrogen and oxygen atoms in total. The van der Waals surface area contributed by atoms with Crippen molar-refractivity contribution in [3.8, 4) is 17.6 Å². The van der Waals surface area contributed by atoms with Crippen LogP contribution in [-0.4, -0.2) is 11.7 Å². The molecular weight excluding hydrogens is 248 g/mol. The number of ether oxygens (including phenoxy) is 1. The molecule has 1 aliphatic rings. The van der Waals surface area contributed by atoms with E-state index in [4.69, 9.17) is 4.74 Å². The minimum absolute atomic E-state index is 0.308. The van der Waals surface area contributed by atoms with Crippen LogP contribution in [0, 0.1) is 11.8 Å². The fourth-order valence-electron chi connectivity index (χ4n) is 2.44. The highest BCUT2D eigenvalue weighted by atomic mass is 16.5. The van der Waals surface area contributed by atoms with Crippen LogP contribution in [0.3, 0.4) is 0 Å². The van der Waals surface area contributed by atoms with Gasteiger partial charge in [0.25, 0.3) is 0 Å². The summed E-state index contributed by atoms with van der Waals surface area (Å²) in [6, 6.07) is 15.7. The summed E-state index contributed by atoms with van der Waals surface area (Å²) in [7, 11) is 0. The van der Waals surface area contributed by atoms with Crippen LogP contribution < -0.4 is 4.74 Å². The van der Waals surface area contributed by atoms with Gasteiger partial charge in [-0.1, -0.05) is 36.1 Å². The number of benzene rings is 2. The second-order valence-electron chi connectivity index (χ2n) is 4.87. The number of aliphatic hydroxyl groups is 1. The Balaban J connectivity index is 1.61. The van der Waals surface area contributed by atoms with Gasteiger partial charge in [-0.3, -0.25) is 0 Å². The highest BCUT2D eigenvalue weighted by Crippen LogP contribution is 2.33. The summed E-state index contributed by atoms with van der Waals surface area (Å²) in [6.07, 6.45) is 1.42. The fraction of sp³-hybridized carbons (Fsp3) is 0.222. The number of aliphatic hydroxyl groups excluding tert-OH is 1. The molecule has 0 fully saturated rings. The molecule has 0 aromatic heterocycles. The van der Waals surface area contributed by atoms with Crippen LogP contribution in [0.5, 0.6) is 5.75 Å². The molecule has 0 saturated carbocycles. The molecule has 0 heterocycles. The molecule has 0 bridgehead atoms. The Labute approximate surface area is 119 Å². The number of hydrogen-bond acceptors (Lipinski definition) is 2. The SMILES string of the molecule is OC1CCc2cc(OCC#Cc3ccccc3)ccc21. The van der Waals surface area contributed by atoms with Crippen LogP contribution in [0.15, 0.2) is 48.5 Å². The van der Waals surface area contributed by atoms with Crippen molar-refractivity contribution in [2.45, 2.75) is 18.9 Å². The Morgan fingerprint density at radius 2 is 2.00 bits per heavy atom. The van der Waals surface area contributed by atoms with E-state index in [0.29, 0.717) is 6.61 Å². The molecule has 2 aromatic rings. The molecule has 0 spiro atoms. The van der Waals surface area contributed by atoms with Crippen molar-refractivity contribution in [3.63, 3.8) is 0 Å². The number of hydrogen-bond donors (Lipinski definition) is 1. The molecule has 0 amide bonds. The zero-order valence-corrected chi connectivity index (χ0v) is 11.2. The van der Waals surface area contributed by atoms with Crippen molar-refractivity contribution in [3.05, 3.63) is 65.2 Å². The Morgan fingerprint density at radius 1 is 1.15 bits per heavy atom. The number of aryl methyl sites for hydroxylation is 1. The monoisotopic (exact) mass is 264 g/mol. The molecule has 1 atom stereocenters. The van der Waals surface area contributed by atoms with Crippen molar-refractivity contribution in [2.24, 2.45) is 0 Å². The molecule has 2 aromatic carbocycles. The van der Waals surface area contributed by atoms with Gasteiger partial charge in [0.05, 0.1) is 6.10 Å². The van der Waals surface area contributed by atoms with E-state index in [1.54, 1.807) is 0 Å². The third-order valence-corrected chi connectivity index (χ3v) is 3.48. The van der Waals surface area contributed by atoms with Crippen molar-refractivity contribution < 1.29 is 9.84 Å². The van der Waals surface area contributed by atoms with Crippen LogP contribution >= 0.6 is 0 Å². The quantitative estimate of drug-likeness (QED) is 0.845. The summed E-state index contributed by atoms with van der Waals surface area (Å²) in [5.41, 5.74) is 3.21. The lowest BCUT2D eigenvalue weighted by Crippen LogP contribution is -1.96. The van der Waals surface area contributed by atoms with Gasteiger partial charge in [-0.15, -0.1) is 0 Å². The van der Waals surface area contributed by atoms with E-state index < -0.39 is 0 Å². The summed E-state index contributed by atoms with van der Waals surface area (Å²) in [5.74, 6) is 6.88. The molecule has 1 N–H and O–H groups in total. The summed E-state index contributed by atoms with van der Waals surface area (Å²) >= 11 is 0. The topological polar surface area (TPSA) is 29.5 Å². The van der Waals surface area contributed by atoms with Crippen molar-refractivity contribution in [2.75, 3.05) is 6.61 Å². The first-order valence-corrected chi connectivity index (χ1v) is 6.80. The van der Waals surface area contributed by atoms with E-state index in [1.807, 2.05) is 48.5 Å². The third kappa shape index (κ3) is 2.84. The summed E-state index contributed by atoms with van der Waals surface area (Å²) < 4.78 is 5.63. The van der Waals surface area contributed by atoms with Gasteiger partial charge in [-0.05, 0) is 48.2 Å². The first-order chi connectivity index (χ1) is 9.83. The maximum absolute atomic E-state index is 9.75. The minimum Gasteiger partial charge on any atom is -0.481 e. The number of fused-ring (bicyclic) bond motifs is 1. The highest BCUT2D eigenvalue weighted by Gasteiger charge is 2.20. The second kappa shape index (κ2) is 5.81. The van der Waals surface area contributed by atoms with E-state index in [9.17, 15) is 5.11 Å². The molecule has 2 heteroatoms. The Morgan fingerprint density at radius 3 is 2.85 bits per heavy atom. The first kappa shape index (κ1) is 12.8. The van der Waals surface area contributed by atoms with Gasteiger partial charge < -0.3 is 9.84 Å². The molecule has 0 aliphatic heterocycles. The van der Waals surface area contributed by atoms with Gasteiger partial charge in [-0.25, -0.2) is 0 Å². The molecule has 20 heavy (non-hydrogen) atoms. The summed E-state index contributed by atoms with van der Waals surface area (Å²) in [6.45, 7) is 0.371. The van der Waals surface area contributed by atoms with Crippen LogP contribution in [0.2, 0.25) is 0 Å². The zero-order chi connectivity index (χ0) is 13.8. The molecule has 1 unspecified atom stereocenters. The van der Waals surface area contributed by atoms with Crippen LogP contribution in [0.25, 0.3) is 0 Å². The summed E-state index contributed by atoms with van der Waals surface area (Å²) in [4.78, 5) is 0. The fourth-order valence-corrected chi connectivity index (χ4v) is 2.44. The molecule has 0 radical (unpaired) electrons. The van der Waals surface area contributed by atoms with E-state index in [2.05, 4.69) is 11.8 Å². The van der Waals surface area contributed by atoms with E-state index in [-0.39, 0.29) is 6.10 Å². The van der Waals surface area contributed by atoms with Crippen LogP contribution in [0.4, 0.5) is 0 Å². The lowest BCUT2D eigenvalue weighted by atomic mass is 10.1. The number of rotatable bonds is 2.